The summed E-state index contributed by atoms with van der Waals surface area (Å²) in [5.41, 5.74) is -1.71. The van der Waals surface area contributed by atoms with Gasteiger partial charge in [-0.05, 0) is 25.8 Å². The molecule has 0 aromatic carbocycles. The number of hydrogen-bond donors (Lipinski definition) is 0. The first-order chi connectivity index (χ1) is 11.6. The molecule has 0 N–H and O–H groups in total. The lowest BCUT2D eigenvalue weighted by molar-refractivity contribution is -0.141. The van der Waals surface area contributed by atoms with E-state index in [2.05, 4.69) is 4.98 Å². The first kappa shape index (κ1) is 19.4. The van der Waals surface area contributed by atoms with Crippen molar-refractivity contribution in [2.45, 2.75) is 45.2 Å². The molecule has 0 aliphatic carbocycles. The van der Waals surface area contributed by atoms with Gasteiger partial charge in [0.1, 0.15) is 5.69 Å². The number of pyridine rings is 1. The molecule has 0 unspecified atom stereocenters. The fourth-order valence-corrected chi connectivity index (χ4v) is 2.89. The second kappa shape index (κ2) is 7.13. The van der Waals surface area contributed by atoms with Gasteiger partial charge in [0.25, 0.3) is 0 Å². The quantitative estimate of drug-likeness (QED) is 0.594. The van der Waals surface area contributed by atoms with Gasteiger partial charge >= 0.3 is 12.1 Å². The highest BCUT2D eigenvalue weighted by Gasteiger charge is 2.38. The first-order valence-corrected chi connectivity index (χ1v) is 7.93. The standard InChI is InChI=1S/C16H19F5N2O2/c1-3-25-14(24)12-10(2)13(16(19,20)21)22-9-11(12)23-7-4-5-15(17,18)6-8-23/h9H,3-8H2,1-2H3. The summed E-state index contributed by atoms with van der Waals surface area (Å²) in [6.07, 6.45) is -4.38. The maximum atomic E-state index is 13.6. The predicted octanol–water partition coefficient (Wildman–Crippen LogP) is 4.21. The van der Waals surface area contributed by atoms with E-state index >= 15 is 0 Å². The van der Waals surface area contributed by atoms with Crippen LogP contribution in [-0.4, -0.2) is 36.6 Å². The fourth-order valence-electron chi connectivity index (χ4n) is 2.89. The number of hydrogen-bond acceptors (Lipinski definition) is 4. The van der Waals surface area contributed by atoms with Crippen molar-refractivity contribution in [3.63, 3.8) is 0 Å². The molecule has 0 amide bonds. The number of esters is 1. The van der Waals surface area contributed by atoms with Crippen LogP contribution in [0.25, 0.3) is 0 Å². The van der Waals surface area contributed by atoms with Crippen LogP contribution >= 0.6 is 0 Å². The fraction of sp³-hybridized carbons (Fsp3) is 0.625. The lowest BCUT2D eigenvalue weighted by atomic mass is 10.0. The number of anilines is 1. The van der Waals surface area contributed by atoms with Gasteiger partial charge in [0.2, 0.25) is 5.92 Å². The van der Waals surface area contributed by atoms with E-state index in [-0.39, 0.29) is 49.4 Å². The Morgan fingerprint density at radius 2 is 2.00 bits per heavy atom. The Balaban J connectivity index is 2.50. The zero-order valence-corrected chi connectivity index (χ0v) is 13.9. The topological polar surface area (TPSA) is 42.4 Å². The molecule has 0 bridgehead atoms. The molecule has 0 spiro atoms. The highest BCUT2D eigenvalue weighted by atomic mass is 19.4. The van der Waals surface area contributed by atoms with Gasteiger partial charge < -0.3 is 9.64 Å². The number of halogens is 5. The monoisotopic (exact) mass is 366 g/mol. The van der Waals surface area contributed by atoms with Gasteiger partial charge in [-0.3, -0.25) is 0 Å². The number of ether oxygens (including phenoxy) is 1. The Bertz CT molecular complexity index is 646. The van der Waals surface area contributed by atoms with E-state index in [1.54, 1.807) is 0 Å². The minimum atomic E-state index is -4.73. The normalized spacial score (nSPS) is 18.0. The molecule has 1 aliphatic rings. The summed E-state index contributed by atoms with van der Waals surface area (Å²) in [5, 5.41) is 0. The van der Waals surface area contributed by atoms with Crippen molar-refractivity contribution in [3.8, 4) is 0 Å². The first-order valence-electron chi connectivity index (χ1n) is 7.93. The van der Waals surface area contributed by atoms with Crippen LogP contribution in [0.2, 0.25) is 0 Å². The summed E-state index contributed by atoms with van der Waals surface area (Å²) in [5.74, 6) is -3.74. The van der Waals surface area contributed by atoms with Gasteiger partial charge in [-0.1, -0.05) is 0 Å². The Morgan fingerprint density at radius 3 is 2.60 bits per heavy atom. The molecule has 25 heavy (non-hydrogen) atoms. The molecule has 1 aromatic heterocycles. The van der Waals surface area contributed by atoms with E-state index in [9.17, 15) is 26.7 Å². The number of nitrogens with zero attached hydrogens (tertiary/aromatic N) is 2. The molecule has 0 atom stereocenters. The molecule has 0 radical (unpaired) electrons. The molecule has 140 valence electrons. The number of carbonyl (C=O) groups is 1. The molecule has 4 nitrogen and oxygen atoms in total. The molecular weight excluding hydrogens is 347 g/mol. The summed E-state index contributed by atoms with van der Waals surface area (Å²) in [4.78, 5) is 17.1. The summed E-state index contributed by atoms with van der Waals surface area (Å²) < 4.78 is 71.2. The molecule has 1 saturated heterocycles. The average Bonchev–Trinajstić information content (AvgIpc) is 2.66. The van der Waals surface area contributed by atoms with E-state index in [1.165, 1.54) is 11.8 Å². The molecular formula is C16H19F5N2O2. The van der Waals surface area contributed by atoms with Gasteiger partial charge in [0.15, 0.2) is 0 Å². The van der Waals surface area contributed by atoms with Crippen LogP contribution in [0, 0.1) is 6.92 Å². The third-order valence-corrected chi connectivity index (χ3v) is 4.11. The van der Waals surface area contributed by atoms with Crippen molar-refractivity contribution >= 4 is 11.7 Å². The minimum Gasteiger partial charge on any atom is -0.462 e. The van der Waals surface area contributed by atoms with Crippen LogP contribution < -0.4 is 4.90 Å². The molecule has 1 aromatic rings. The van der Waals surface area contributed by atoms with E-state index in [0.29, 0.717) is 0 Å². The Kier molecular flexibility index (Phi) is 5.53. The molecule has 1 aliphatic heterocycles. The SMILES string of the molecule is CCOC(=O)c1c(N2CCCC(F)(F)CC2)cnc(C(F)(F)F)c1C. The maximum absolute atomic E-state index is 13.6. The molecule has 2 heterocycles. The van der Waals surface area contributed by atoms with Crippen molar-refractivity contribution < 1.29 is 31.5 Å². The lowest BCUT2D eigenvalue weighted by Gasteiger charge is -2.26. The van der Waals surface area contributed by atoms with Crippen LogP contribution in [0.15, 0.2) is 6.20 Å². The van der Waals surface area contributed by atoms with Crippen molar-refractivity contribution in [1.29, 1.82) is 0 Å². The highest BCUT2D eigenvalue weighted by molar-refractivity contribution is 5.97. The van der Waals surface area contributed by atoms with E-state index < -0.39 is 30.2 Å². The average molecular weight is 366 g/mol. The third kappa shape index (κ3) is 4.38. The van der Waals surface area contributed by atoms with E-state index in [4.69, 9.17) is 4.74 Å². The van der Waals surface area contributed by atoms with Gasteiger partial charge in [0.05, 0.1) is 24.1 Å². The number of alkyl halides is 5. The smallest absolute Gasteiger partial charge is 0.433 e. The zero-order valence-electron chi connectivity index (χ0n) is 13.9. The number of carbonyl (C=O) groups excluding carboxylic acids is 1. The van der Waals surface area contributed by atoms with Crippen LogP contribution in [0.3, 0.4) is 0 Å². The summed E-state index contributed by atoms with van der Waals surface area (Å²) >= 11 is 0. The van der Waals surface area contributed by atoms with Gasteiger partial charge in [0, 0.05) is 25.9 Å². The van der Waals surface area contributed by atoms with Crippen molar-refractivity contribution in [3.05, 3.63) is 23.0 Å². The van der Waals surface area contributed by atoms with Crippen LogP contribution in [0.1, 0.15) is 47.8 Å². The zero-order chi connectivity index (χ0) is 18.8. The summed E-state index contributed by atoms with van der Waals surface area (Å²) in [6.45, 7) is 2.78. The molecule has 1 fully saturated rings. The maximum Gasteiger partial charge on any atom is 0.433 e. The number of aromatic nitrogens is 1. The van der Waals surface area contributed by atoms with Gasteiger partial charge in [-0.2, -0.15) is 13.2 Å². The highest BCUT2D eigenvalue weighted by Crippen LogP contribution is 2.37. The summed E-state index contributed by atoms with van der Waals surface area (Å²) in [7, 11) is 0. The van der Waals surface area contributed by atoms with Crippen molar-refractivity contribution in [2.75, 3.05) is 24.6 Å². The number of rotatable bonds is 3. The lowest BCUT2D eigenvalue weighted by Crippen LogP contribution is -2.29. The predicted molar refractivity (Wildman–Crippen MR) is 80.9 cm³/mol. The summed E-state index contributed by atoms with van der Waals surface area (Å²) in [6, 6.07) is 0. The Hall–Kier alpha value is -1.93. The van der Waals surface area contributed by atoms with E-state index in [0.717, 1.165) is 13.1 Å². The van der Waals surface area contributed by atoms with Gasteiger partial charge in [-0.25, -0.2) is 18.6 Å². The van der Waals surface area contributed by atoms with Crippen LogP contribution in [-0.2, 0) is 10.9 Å². The van der Waals surface area contributed by atoms with Crippen LogP contribution in [0.4, 0.5) is 27.6 Å². The second-order valence-electron chi connectivity index (χ2n) is 5.91. The van der Waals surface area contributed by atoms with Gasteiger partial charge in [-0.15, -0.1) is 0 Å². The largest absolute Gasteiger partial charge is 0.462 e. The molecule has 2 rings (SSSR count). The molecule has 0 saturated carbocycles. The van der Waals surface area contributed by atoms with Crippen molar-refractivity contribution in [1.82, 2.24) is 4.98 Å². The molecule has 9 heteroatoms. The third-order valence-electron chi connectivity index (χ3n) is 4.11. The Morgan fingerprint density at radius 1 is 1.32 bits per heavy atom. The Labute approximate surface area is 142 Å². The van der Waals surface area contributed by atoms with E-state index in [1.807, 2.05) is 0 Å². The van der Waals surface area contributed by atoms with Crippen molar-refractivity contribution in [2.24, 2.45) is 0 Å². The minimum absolute atomic E-state index is 0.0144. The second-order valence-corrected chi connectivity index (χ2v) is 5.91. The van der Waals surface area contributed by atoms with Crippen LogP contribution in [0.5, 0.6) is 0 Å².